The summed E-state index contributed by atoms with van der Waals surface area (Å²) in [4.78, 5) is 0. The predicted molar refractivity (Wildman–Crippen MR) is 93.2 cm³/mol. The normalized spacial score (nSPS) is 10.9. The molecule has 0 bridgehead atoms. The molecule has 2 aromatic carbocycles. The van der Waals surface area contributed by atoms with E-state index in [1.54, 1.807) is 50.6 Å². The van der Waals surface area contributed by atoms with Crippen molar-refractivity contribution >= 4 is 31.9 Å². The summed E-state index contributed by atoms with van der Waals surface area (Å²) >= 11 is 6.88. The van der Waals surface area contributed by atoms with Crippen LogP contribution in [0.15, 0.2) is 45.3 Å². The fourth-order valence-electron chi connectivity index (χ4n) is 2.13. The van der Waals surface area contributed by atoms with Crippen molar-refractivity contribution in [3.05, 3.63) is 56.5 Å². The maximum absolute atomic E-state index is 11.1. The zero-order chi connectivity index (χ0) is 16.3. The van der Waals surface area contributed by atoms with Gasteiger partial charge in [0.25, 0.3) is 0 Å². The Morgan fingerprint density at radius 3 is 1.64 bits per heavy atom. The van der Waals surface area contributed by atoms with Gasteiger partial charge in [-0.1, -0.05) is 37.8 Å². The number of terminal acetylenes is 1. The first-order valence-electron chi connectivity index (χ1n) is 6.34. The summed E-state index contributed by atoms with van der Waals surface area (Å²) in [6, 6.07) is 10.5. The smallest absolute Gasteiger partial charge is 0.178 e. The SMILES string of the molecule is C#CC(O)(c1ccc(OC)cc1Br)c1ccc(OC)cc1Br. The number of hydrogen-bond donors (Lipinski definition) is 1. The van der Waals surface area contributed by atoms with Crippen molar-refractivity contribution in [2.24, 2.45) is 0 Å². The summed E-state index contributed by atoms with van der Waals surface area (Å²) in [5, 5.41) is 11.1. The highest BCUT2D eigenvalue weighted by Crippen LogP contribution is 2.39. The molecule has 0 amide bonds. The molecule has 0 saturated heterocycles. The minimum atomic E-state index is -1.59. The third-order valence-electron chi connectivity index (χ3n) is 3.34. The fraction of sp³-hybridized carbons (Fsp3) is 0.176. The second-order valence-corrected chi connectivity index (χ2v) is 6.25. The van der Waals surface area contributed by atoms with Gasteiger partial charge in [-0.3, -0.25) is 0 Å². The zero-order valence-electron chi connectivity index (χ0n) is 12.1. The summed E-state index contributed by atoms with van der Waals surface area (Å²) in [6.45, 7) is 0. The van der Waals surface area contributed by atoms with E-state index < -0.39 is 5.60 Å². The number of ether oxygens (including phenoxy) is 2. The van der Waals surface area contributed by atoms with Gasteiger partial charge < -0.3 is 14.6 Å². The van der Waals surface area contributed by atoms with Crippen LogP contribution in [-0.4, -0.2) is 19.3 Å². The van der Waals surface area contributed by atoms with E-state index in [0.717, 1.165) is 0 Å². The van der Waals surface area contributed by atoms with E-state index >= 15 is 0 Å². The Balaban J connectivity index is 2.61. The van der Waals surface area contributed by atoms with E-state index in [2.05, 4.69) is 37.8 Å². The third kappa shape index (κ3) is 3.00. The van der Waals surface area contributed by atoms with E-state index in [4.69, 9.17) is 15.9 Å². The van der Waals surface area contributed by atoms with Crippen molar-refractivity contribution in [2.75, 3.05) is 14.2 Å². The molecule has 0 saturated carbocycles. The molecular formula is C17H14Br2O3. The van der Waals surface area contributed by atoms with Gasteiger partial charge in [0.15, 0.2) is 5.60 Å². The van der Waals surface area contributed by atoms with Crippen molar-refractivity contribution in [3.63, 3.8) is 0 Å². The maximum atomic E-state index is 11.1. The van der Waals surface area contributed by atoms with Crippen LogP contribution in [0, 0.1) is 12.3 Å². The number of hydrogen-bond acceptors (Lipinski definition) is 3. The molecule has 0 atom stereocenters. The van der Waals surface area contributed by atoms with Crippen molar-refractivity contribution in [2.45, 2.75) is 5.60 Å². The van der Waals surface area contributed by atoms with E-state index in [1.165, 1.54) is 0 Å². The van der Waals surface area contributed by atoms with Gasteiger partial charge in [-0.25, -0.2) is 0 Å². The standard InChI is InChI=1S/C17H14Br2O3/c1-4-17(20,13-7-5-11(21-2)9-15(13)18)14-8-6-12(22-3)10-16(14)19/h1,5-10,20H,2-3H3. The molecule has 0 heterocycles. The molecule has 5 heteroatoms. The molecule has 2 aromatic rings. The Bertz CT molecular complexity index is 682. The van der Waals surface area contributed by atoms with E-state index in [0.29, 0.717) is 31.6 Å². The molecule has 2 rings (SSSR count). The number of halogens is 2. The largest absolute Gasteiger partial charge is 0.497 e. The van der Waals surface area contributed by atoms with Crippen LogP contribution in [0.5, 0.6) is 11.5 Å². The zero-order valence-corrected chi connectivity index (χ0v) is 15.2. The van der Waals surface area contributed by atoms with E-state index in [-0.39, 0.29) is 0 Å². The summed E-state index contributed by atoms with van der Waals surface area (Å²) in [5.41, 5.74) is -0.473. The van der Waals surface area contributed by atoms with Crippen LogP contribution in [0.25, 0.3) is 0 Å². The molecule has 0 spiro atoms. The first kappa shape index (κ1) is 16.9. The molecule has 0 aliphatic rings. The average Bonchev–Trinajstić information content (AvgIpc) is 2.53. The first-order chi connectivity index (χ1) is 10.5. The van der Waals surface area contributed by atoms with E-state index in [1.807, 2.05) is 0 Å². The molecule has 22 heavy (non-hydrogen) atoms. The van der Waals surface area contributed by atoms with Crippen LogP contribution >= 0.6 is 31.9 Å². The van der Waals surface area contributed by atoms with Crippen molar-refractivity contribution in [1.82, 2.24) is 0 Å². The molecule has 1 N–H and O–H groups in total. The molecule has 3 nitrogen and oxygen atoms in total. The Labute approximate surface area is 146 Å². The molecular weight excluding hydrogens is 412 g/mol. The minimum Gasteiger partial charge on any atom is -0.497 e. The molecule has 0 aliphatic heterocycles. The Hall–Kier alpha value is -1.48. The molecule has 0 unspecified atom stereocenters. The number of aliphatic hydroxyl groups is 1. The third-order valence-corrected chi connectivity index (χ3v) is 4.65. The average molecular weight is 426 g/mol. The monoisotopic (exact) mass is 424 g/mol. The van der Waals surface area contributed by atoms with Gasteiger partial charge >= 0.3 is 0 Å². The predicted octanol–water partition coefficient (Wildman–Crippen LogP) is 4.10. The van der Waals surface area contributed by atoms with Crippen LogP contribution in [-0.2, 0) is 5.60 Å². The van der Waals surface area contributed by atoms with Crippen LogP contribution in [0.1, 0.15) is 11.1 Å². The lowest BCUT2D eigenvalue weighted by Crippen LogP contribution is -2.26. The van der Waals surface area contributed by atoms with Gasteiger partial charge in [0, 0.05) is 20.1 Å². The quantitative estimate of drug-likeness (QED) is 0.749. The lowest BCUT2D eigenvalue weighted by molar-refractivity contribution is 0.143. The highest BCUT2D eigenvalue weighted by molar-refractivity contribution is 9.10. The second kappa shape index (κ2) is 6.74. The van der Waals surface area contributed by atoms with Crippen LogP contribution < -0.4 is 9.47 Å². The Morgan fingerprint density at radius 2 is 1.36 bits per heavy atom. The Morgan fingerprint density at radius 1 is 0.955 bits per heavy atom. The minimum absolute atomic E-state index is 0.557. The van der Waals surface area contributed by atoms with Crippen molar-refractivity contribution in [1.29, 1.82) is 0 Å². The van der Waals surface area contributed by atoms with Gasteiger partial charge in [-0.15, -0.1) is 6.42 Å². The van der Waals surface area contributed by atoms with Gasteiger partial charge in [0.1, 0.15) is 11.5 Å². The highest BCUT2D eigenvalue weighted by atomic mass is 79.9. The lowest BCUT2D eigenvalue weighted by Gasteiger charge is -2.26. The topological polar surface area (TPSA) is 38.7 Å². The summed E-state index contributed by atoms with van der Waals surface area (Å²) in [7, 11) is 3.16. The number of benzene rings is 2. The maximum Gasteiger partial charge on any atom is 0.178 e. The number of methoxy groups -OCH3 is 2. The molecule has 0 fully saturated rings. The molecule has 114 valence electrons. The van der Waals surface area contributed by atoms with Crippen LogP contribution in [0.2, 0.25) is 0 Å². The van der Waals surface area contributed by atoms with Crippen molar-refractivity contribution in [3.8, 4) is 23.8 Å². The van der Waals surface area contributed by atoms with Gasteiger partial charge in [-0.05, 0) is 36.4 Å². The molecule has 0 radical (unpaired) electrons. The molecule has 0 aromatic heterocycles. The summed E-state index contributed by atoms with van der Waals surface area (Å²) in [5.74, 6) is 3.82. The Kier molecular flexibility index (Phi) is 5.17. The number of rotatable bonds is 4. The summed E-state index contributed by atoms with van der Waals surface area (Å²) in [6.07, 6.45) is 5.65. The van der Waals surface area contributed by atoms with Gasteiger partial charge in [0.2, 0.25) is 0 Å². The van der Waals surface area contributed by atoms with Gasteiger partial charge in [0.05, 0.1) is 14.2 Å². The van der Waals surface area contributed by atoms with Crippen LogP contribution in [0.3, 0.4) is 0 Å². The molecule has 0 aliphatic carbocycles. The second-order valence-electron chi connectivity index (χ2n) is 4.55. The first-order valence-corrected chi connectivity index (χ1v) is 7.93. The van der Waals surface area contributed by atoms with Crippen LogP contribution in [0.4, 0.5) is 0 Å². The highest BCUT2D eigenvalue weighted by Gasteiger charge is 2.33. The lowest BCUT2D eigenvalue weighted by atomic mass is 9.87. The van der Waals surface area contributed by atoms with Gasteiger partial charge in [-0.2, -0.15) is 0 Å². The van der Waals surface area contributed by atoms with E-state index in [9.17, 15) is 5.11 Å². The summed E-state index contributed by atoms with van der Waals surface area (Å²) < 4.78 is 11.7. The fourth-order valence-corrected chi connectivity index (χ4v) is 3.42. The van der Waals surface area contributed by atoms with Crippen molar-refractivity contribution < 1.29 is 14.6 Å².